The van der Waals surface area contributed by atoms with Crippen LogP contribution in [0.1, 0.15) is 5.56 Å². The largest absolute Gasteiger partial charge is 0.476 e. The second-order valence-electron chi connectivity index (χ2n) is 4.00. The number of hydrogen-bond donors (Lipinski definition) is 0. The Morgan fingerprint density at radius 3 is 2.48 bits per heavy atom. The van der Waals surface area contributed by atoms with Gasteiger partial charge in [-0.15, -0.1) is 0 Å². The maximum absolute atomic E-state index is 11.8. The monoisotopic (exact) mass is 342 g/mol. The first kappa shape index (κ1) is 15.7. The van der Waals surface area contributed by atoms with Crippen LogP contribution in [0.3, 0.4) is 0 Å². The van der Waals surface area contributed by atoms with Crippen LogP contribution in [0.2, 0.25) is 10.0 Å². The predicted molar refractivity (Wildman–Crippen MR) is 81.3 cm³/mol. The Hall–Kier alpha value is -1.68. The molecule has 0 aliphatic carbocycles. The average molecular weight is 343 g/mol. The Kier molecular flexibility index (Phi) is 4.78. The van der Waals surface area contributed by atoms with E-state index in [0.717, 1.165) is 16.7 Å². The Bertz CT molecular complexity index is 674. The van der Waals surface area contributed by atoms with Gasteiger partial charge >= 0.3 is 0 Å². The Balaban J connectivity index is 2.33. The van der Waals surface area contributed by atoms with Crippen molar-refractivity contribution < 1.29 is 14.3 Å². The lowest BCUT2D eigenvalue weighted by atomic mass is 10.2. The summed E-state index contributed by atoms with van der Waals surface area (Å²) < 4.78 is 5.12. The van der Waals surface area contributed by atoms with Gasteiger partial charge in [-0.1, -0.05) is 23.2 Å². The van der Waals surface area contributed by atoms with Crippen molar-refractivity contribution in [2.24, 2.45) is 0 Å². The van der Waals surface area contributed by atoms with E-state index in [2.05, 4.69) is 0 Å². The lowest BCUT2D eigenvalue weighted by Crippen LogP contribution is -2.22. The van der Waals surface area contributed by atoms with Gasteiger partial charge in [0.2, 0.25) is 0 Å². The fourth-order valence-corrected chi connectivity index (χ4v) is 3.04. The number of nitrogens with zero attached hydrogens (tertiary/aromatic N) is 2. The van der Waals surface area contributed by atoms with Gasteiger partial charge in [0, 0.05) is 7.05 Å². The van der Waals surface area contributed by atoms with Gasteiger partial charge in [-0.2, -0.15) is 5.26 Å². The first-order chi connectivity index (χ1) is 9.93. The Morgan fingerprint density at radius 1 is 1.38 bits per heavy atom. The molecule has 1 heterocycles. The summed E-state index contributed by atoms with van der Waals surface area (Å²) in [6, 6.07) is 4.91. The van der Waals surface area contributed by atoms with E-state index in [4.69, 9.17) is 33.2 Å². The molecule has 5 nitrogen and oxygen atoms in total. The van der Waals surface area contributed by atoms with E-state index in [1.807, 2.05) is 6.07 Å². The Morgan fingerprint density at radius 2 is 2.00 bits per heavy atom. The highest BCUT2D eigenvalue weighted by Crippen LogP contribution is 2.37. The minimum absolute atomic E-state index is 0.173. The maximum atomic E-state index is 11.8. The minimum atomic E-state index is -0.373. The average Bonchev–Trinajstić information content (AvgIpc) is 2.65. The number of imide groups is 1. The highest BCUT2D eigenvalue weighted by atomic mass is 35.5. The number of halogens is 2. The number of amides is 2. The molecule has 8 heteroatoms. The summed E-state index contributed by atoms with van der Waals surface area (Å²) in [4.78, 5) is 24.5. The normalized spacial score (nSPS) is 16.5. The summed E-state index contributed by atoms with van der Waals surface area (Å²) in [6.45, 7) is -0.173. The van der Waals surface area contributed by atoms with Gasteiger partial charge in [0.25, 0.3) is 11.1 Å². The van der Waals surface area contributed by atoms with Crippen LogP contribution in [-0.4, -0.2) is 29.7 Å². The zero-order chi connectivity index (χ0) is 15.6. The highest BCUT2D eigenvalue weighted by molar-refractivity contribution is 8.18. The molecule has 0 atom stereocenters. The van der Waals surface area contributed by atoms with Crippen molar-refractivity contribution in [3.63, 3.8) is 0 Å². The number of rotatable bonds is 3. The minimum Gasteiger partial charge on any atom is -0.476 e. The van der Waals surface area contributed by atoms with Crippen LogP contribution >= 0.6 is 35.0 Å². The zero-order valence-electron chi connectivity index (χ0n) is 10.7. The molecule has 1 aliphatic rings. The zero-order valence-corrected chi connectivity index (χ0v) is 13.1. The predicted octanol–water partition coefficient (Wildman–Crippen LogP) is 3.56. The summed E-state index contributed by atoms with van der Waals surface area (Å²) in [5.74, 6) is -0.164. The summed E-state index contributed by atoms with van der Waals surface area (Å²) >= 11 is 12.9. The number of thioether (sulfide) groups is 1. The SMILES string of the molecule is CN1C(=O)S/C(=C\c2cc(Cl)c(OCC#N)c(Cl)c2)C1=O. The van der Waals surface area contributed by atoms with Crippen LogP contribution < -0.4 is 4.74 Å². The van der Waals surface area contributed by atoms with Crippen LogP contribution in [0.15, 0.2) is 17.0 Å². The van der Waals surface area contributed by atoms with Gasteiger partial charge in [0.1, 0.15) is 6.07 Å². The number of carbonyl (C=O) groups excluding carboxylic acids is 2. The van der Waals surface area contributed by atoms with Gasteiger partial charge in [-0.25, -0.2) is 0 Å². The molecule has 1 saturated heterocycles. The molecule has 0 radical (unpaired) electrons. The van der Waals surface area contributed by atoms with Crippen LogP contribution in [0.25, 0.3) is 6.08 Å². The Labute approximate surface area is 135 Å². The van der Waals surface area contributed by atoms with Crippen molar-refractivity contribution in [2.75, 3.05) is 13.7 Å². The van der Waals surface area contributed by atoms with Gasteiger partial charge in [-0.05, 0) is 35.5 Å². The van der Waals surface area contributed by atoms with Gasteiger partial charge in [0.05, 0.1) is 15.0 Å². The molecule has 21 heavy (non-hydrogen) atoms. The van der Waals surface area contributed by atoms with Crippen molar-refractivity contribution in [1.29, 1.82) is 5.26 Å². The van der Waals surface area contributed by atoms with Crippen molar-refractivity contribution in [2.45, 2.75) is 0 Å². The van der Waals surface area contributed by atoms with Crippen molar-refractivity contribution in [3.8, 4) is 11.8 Å². The molecular formula is C13H8Cl2N2O3S. The lowest BCUT2D eigenvalue weighted by molar-refractivity contribution is -0.121. The summed E-state index contributed by atoms with van der Waals surface area (Å²) in [5.41, 5.74) is 0.563. The van der Waals surface area contributed by atoms with Crippen LogP contribution in [-0.2, 0) is 4.79 Å². The van der Waals surface area contributed by atoms with Gasteiger partial charge in [0.15, 0.2) is 12.4 Å². The number of benzene rings is 1. The lowest BCUT2D eigenvalue weighted by Gasteiger charge is -2.08. The fraction of sp³-hybridized carbons (Fsp3) is 0.154. The first-order valence-corrected chi connectivity index (χ1v) is 7.21. The van der Waals surface area contributed by atoms with E-state index in [0.29, 0.717) is 10.5 Å². The van der Waals surface area contributed by atoms with Crippen LogP contribution in [0.4, 0.5) is 4.79 Å². The van der Waals surface area contributed by atoms with E-state index in [1.54, 1.807) is 12.1 Å². The second-order valence-corrected chi connectivity index (χ2v) is 5.81. The quantitative estimate of drug-likeness (QED) is 0.785. The molecule has 0 unspecified atom stereocenters. The molecule has 1 aromatic rings. The number of ether oxygens (including phenoxy) is 1. The smallest absolute Gasteiger partial charge is 0.293 e. The third-order valence-corrected chi connectivity index (χ3v) is 4.11. The summed E-state index contributed by atoms with van der Waals surface area (Å²) in [7, 11) is 1.41. The van der Waals surface area contributed by atoms with Crippen molar-refractivity contribution >= 4 is 52.2 Å². The fourth-order valence-electron chi connectivity index (χ4n) is 1.60. The molecular weight excluding hydrogens is 335 g/mol. The third-order valence-electron chi connectivity index (χ3n) is 2.59. The molecule has 1 aromatic carbocycles. The number of likely N-dealkylation sites (N-methyl/N-ethyl adjacent to an activating group) is 1. The van der Waals surface area contributed by atoms with Gasteiger partial charge in [-0.3, -0.25) is 14.5 Å². The standard InChI is InChI=1S/C13H8Cl2N2O3S/c1-17-12(18)10(21-13(17)19)6-7-4-8(14)11(9(15)5-7)20-3-2-16/h4-6H,3H2,1H3/b10-6-. The second kappa shape index (κ2) is 6.39. The van der Waals surface area contributed by atoms with Crippen molar-refractivity contribution in [1.82, 2.24) is 4.90 Å². The van der Waals surface area contributed by atoms with Gasteiger partial charge < -0.3 is 4.74 Å². The molecule has 2 amide bonds. The topological polar surface area (TPSA) is 70.4 Å². The van der Waals surface area contributed by atoms with E-state index in [-0.39, 0.29) is 33.5 Å². The van der Waals surface area contributed by atoms with E-state index in [9.17, 15) is 9.59 Å². The van der Waals surface area contributed by atoms with Crippen molar-refractivity contribution in [3.05, 3.63) is 32.6 Å². The maximum Gasteiger partial charge on any atom is 0.293 e. The molecule has 0 spiro atoms. The number of nitriles is 1. The van der Waals surface area contributed by atoms with E-state index >= 15 is 0 Å². The number of hydrogen-bond acceptors (Lipinski definition) is 5. The van der Waals surface area contributed by atoms with Crippen LogP contribution in [0, 0.1) is 11.3 Å². The molecule has 0 saturated carbocycles. The van der Waals surface area contributed by atoms with E-state index in [1.165, 1.54) is 13.1 Å². The molecule has 1 aliphatic heterocycles. The first-order valence-electron chi connectivity index (χ1n) is 5.64. The molecule has 1 fully saturated rings. The molecule has 108 valence electrons. The summed E-state index contributed by atoms with van der Waals surface area (Å²) in [6.07, 6.45) is 1.53. The third kappa shape index (κ3) is 3.32. The highest BCUT2D eigenvalue weighted by Gasteiger charge is 2.31. The molecule has 0 aromatic heterocycles. The molecule has 2 rings (SSSR count). The summed E-state index contributed by atoms with van der Waals surface area (Å²) in [5, 5.41) is 8.59. The van der Waals surface area contributed by atoms with Crippen LogP contribution in [0.5, 0.6) is 5.75 Å². The number of carbonyl (C=O) groups is 2. The van der Waals surface area contributed by atoms with E-state index < -0.39 is 0 Å². The molecule has 0 bridgehead atoms. The molecule has 0 N–H and O–H groups in total.